The zero-order chi connectivity index (χ0) is 17.7. The highest BCUT2D eigenvalue weighted by Crippen LogP contribution is 2.24. The van der Waals surface area contributed by atoms with Gasteiger partial charge in [0.25, 0.3) is 5.91 Å². The standard InChI is InChI=1S/C16H18ClN3O3S/c1-20(8-10-7-11(17)3-4-13(10)23-2)9-14(21)19-16-12(15(18)22)5-6-24-16/h3-7H,8-9H2,1-2H3,(H2,18,22)(H,19,21). The molecule has 1 aromatic heterocycles. The summed E-state index contributed by atoms with van der Waals surface area (Å²) in [6, 6.07) is 6.93. The van der Waals surface area contributed by atoms with Crippen molar-refractivity contribution in [2.24, 2.45) is 5.73 Å². The molecular formula is C16H18ClN3O3S. The van der Waals surface area contributed by atoms with Crippen molar-refractivity contribution in [2.75, 3.05) is 26.0 Å². The molecule has 128 valence electrons. The number of ether oxygens (including phenoxy) is 1. The first-order valence-corrected chi connectivity index (χ1v) is 8.34. The van der Waals surface area contributed by atoms with Gasteiger partial charge in [0.1, 0.15) is 10.8 Å². The Hall–Kier alpha value is -2.09. The van der Waals surface area contributed by atoms with E-state index in [1.165, 1.54) is 11.3 Å². The smallest absolute Gasteiger partial charge is 0.251 e. The lowest BCUT2D eigenvalue weighted by molar-refractivity contribution is -0.117. The molecule has 2 amide bonds. The predicted molar refractivity (Wildman–Crippen MR) is 95.8 cm³/mol. The Morgan fingerprint density at radius 1 is 1.38 bits per heavy atom. The van der Waals surface area contributed by atoms with Crippen LogP contribution in [0.3, 0.4) is 0 Å². The Bertz CT molecular complexity index is 748. The molecule has 1 heterocycles. The van der Waals surface area contributed by atoms with Gasteiger partial charge in [0, 0.05) is 17.1 Å². The van der Waals surface area contributed by atoms with E-state index in [2.05, 4.69) is 5.32 Å². The Morgan fingerprint density at radius 3 is 2.79 bits per heavy atom. The average Bonchev–Trinajstić information content (AvgIpc) is 2.95. The van der Waals surface area contributed by atoms with Crippen LogP contribution in [0.2, 0.25) is 5.02 Å². The topological polar surface area (TPSA) is 84.7 Å². The van der Waals surface area contributed by atoms with Gasteiger partial charge in [-0.2, -0.15) is 0 Å². The molecule has 0 spiro atoms. The van der Waals surface area contributed by atoms with Gasteiger partial charge in [-0.05, 0) is 36.7 Å². The summed E-state index contributed by atoms with van der Waals surface area (Å²) in [6.07, 6.45) is 0. The SMILES string of the molecule is COc1ccc(Cl)cc1CN(C)CC(=O)Nc1sccc1C(N)=O. The Labute approximate surface area is 149 Å². The highest BCUT2D eigenvalue weighted by atomic mass is 35.5. The monoisotopic (exact) mass is 367 g/mol. The van der Waals surface area contributed by atoms with E-state index in [1.54, 1.807) is 36.8 Å². The van der Waals surface area contributed by atoms with Crippen molar-refractivity contribution in [1.82, 2.24) is 4.90 Å². The number of anilines is 1. The minimum Gasteiger partial charge on any atom is -0.496 e. The summed E-state index contributed by atoms with van der Waals surface area (Å²) in [5.41, 5.74) is 6.46. The summed E-state index contributed by atoms with van der Waals surface area (Å²) in [6.45, 7) is 0.635. The van der Waals surface area contributed by atoms with E-state index < -0.39 is 5.91 Å². The molecule has 1 aromatic carbocycles. The fraction of sp³-hybridized carbons (Fsp3) is 0.250. The molecule has 2 aromatic rings. The lowest BCUT2D eigenvalue weighted by Gasteiger charge is -2.18. The first-order chi connectivity index (χ1) is 11.4. The van der Waals surface area contributed by atoms with Crippen LogP contribution in [0.1, 0.15) is 15.9 Å². The van der Waals surface area contributed by atoms with Gasteiger partial charge in [-0.1, -0.05) is 11.6 Å². The average molecular weight is 368 g/mol. The zero-order valence-corrected chi connectivity index (χ0v) is 14.9. The van der Waals surface area contributed by atoms with Crippen LogP contribution in [-0.2, 0) is 11.3 Å². The summed E-state index contributed by atoms with van der Waals surface area (Å²) in [5, 5.41) is 5.48. The molecule has 0 aliphatic heterocycles. The van der Waals surface area contributed by atoms with Gasteiger partial charge < -0.3 is 15.8 Å². The Kier molecular flexibility index (Phi) is 6.19. The third kappa shape index (κ3) is 4.70. The maximum atomic E-state index is 12.2. The van der Waals surface area contributed by atoms with Crippen molar-refractivity contribution in [3.63, 3.8) is 0 Å². The van der Waals surface area contributed by atoms with Crippen LogP contribution in [0.15, 0.2) is 29.6 Å². The normalized spacial score (nSPS) is 10.7. The Balaban J connectivity index is 1.98. The summed E-state index contributed by atoms with van der Waals surface area (Å²) in [5.74, 6) is -0.0899. The predicted octanol–water partition coefficient (Wildman–Crippen LogP) is 2.58. The number of nitrogens with zero attached hydrogens (tertiary/aromatic N) is 1. The number of benzene rings is 1. The number of thiophene rings is 1. The summed E-state index contributed by atoms with van der Waals surface area (Å²) < 4.78 is 5.30. The van der Waals surface area contributed by atoms with Crippen LogP contribution in [-0.4, -0.2) is 37.4 Å². The van der Waals surface area contributed by atoms with E-state index in [1.807, 2.05) is 11.9 Å². The number of nitrogens with two attached hydrogens (primary N) is 1. The summed E-state index contributed by atoms with van der Waals surface area (Å²) >= 11 is 7.27. The fourth-order valence-electron chi connectivity index (χ4n) is 2.23. The number of likely N-dealkylation sites (N-methyl/N-ethyl adjacent to an activating group) is 1. The van der Waals surface area contributed by atoms with Gasteiger partial charge in [0.15, 0.2) is 0 Å². The Morgan fingerprint density at radius 2 is 2.12 bits per heavy atom. The van der Waals surface area contributed by atoms with E-state index in [0.29, 0.717) is 27.9 Å². The van der Waals surface area contributed by atoms with Crippen molar-refractivity contribution >= 4 is 39.8 Å². The molecule has 2 rings (SSSR count). The van der Waals surface area contributed by atoms with Crippen molar-refractivity contribution < 1.29 is 14.3 Å². The van der Waals surface area contributed by atoms with E-state index in [4.69, 9.17) is 22.1 Å². The molecular weight excluding hydrogens is 350 g/mol. The molecule has 0 saturated heterocycles. The molecule has 0 radical (unpaired) electrons. The van der Waals surface area contributed by atoms with Crippen molar-refractivity contribution in [2.45, 2.75) is 6.54 Å². The van der Waals surface area contributed by atoms with Crippen LogP contribution in [0.25, 0.3) is 0 Å². The van der Waals surface area contributed by atoms with Crippen LogP contribution in [0, 0.1) is 0 Å². The summed E-state index contributed by atoms with van der Waals surface area (Å²) in [7, 11) is 3.39. The first-order valence-electron chi connectivity index (χ1n) is 7.08. The van der Waals surface area contributed by atoms with Gasteiger partial charge in [0.2, 0.25) is 5.91 Å². The molecule has 0 fully saturated rings. The van der Waals surface area contributed by atoms with Crippen LogP contribution in [0.4, 0.5) is 5.00 Å². The fourth-order valence-corrected chi connectivity index (χ4v) is 3.23. The minimum atomic E-state index is -0.566. The van der Waals surface area contributed by atoms with Crippen LogP contribution < -0.4 is 15.8 Å². The second-order valence-electron chi connectivity index (χ2n) is 5.20. The molecule has 24 heavy (non-hydrogen) atoms. The molecule has 0 unspecified atom stereocenters. The second-order valence-corrected chi connectivity index (χ2v) is 6.56. The van der Waals surface area contributed by atoms with Gasteiger partial charge in [-0.15, -0.1) is 11.3 Å². The number of hydrogen-bond acceptors (Lipinski definition) is 5. The third-order valence-corrected chi connectivity index (χ3v) is 4.34. The number of carbonyl (C=O) groups excluding carboxylic acids is 2. The van der Waals surface area contributed by atoms with Crippen molar-refractivity contribution in [1.29, 1.82) is 0 Å². The first kappa shape index (κ1) is 18.3. The van der Waals surface area contributed by atoms with Crippen molar-refractivity contribution in [3.05, 3.63) is 45.8 Å². The minimum absolute atomic E-state index is 0.145. The van der Waals surface area contributed by atoms with Crippen LogP contribution in [0.5, 0.6) is 5.75 Å². The molecule has 8 heteroatoms. The highest BCUT2D eigenvalue weighted by Gasteiger charge is 2.15. The van der Waals surface area contributed by atoms with Gasteiger partial charge in [-0.25, -0.2) is 0 Å². The number of hydrogen-bond donors (Lipinski definition) is 2. The number of primary amides is 1. The van der Waals surface area contributed by atoms with E-state index in [9.17, 15) is 9.59 Å². The van der Waals surface area contributed by atoms with Gasteiger partial charge in [0.05, 0.1) is 19.2 Å². The largest absolute Gasteiger partial charge is 0.496 e. The van der Waals surface area contributed by atoms with Crippen LogP contribution >= 0.6 is 22.9 Å². The molecule has 3 N–H and O–H groups in total. The van der Waals surface area contributed by atoms with Gasteiger partial charge >= 0.3 is 0 Å². The molecule has 0 saturated carbocycles. The van der Waals surface area contributed by atoms with E-state index >= 15 is 0 Å². The number of nitrogens with one attached hydrogen (secondary N) is 1. The molecule has 0 aliphatic rings. The number of rotatable bonds is 7. The third-order valence-electron chi connectivity index (χ3n) is 3.28. The number of amides is 2. The molecule has 6 nitrogen and oxygen atoms in total. The maximum Gasteiger partial charge on any atom is 0.251 e. The van der Waals surface area contributed by atoms with Crippen molar-refractivity contribution in [3.8, 4) is 5.75 Å². The number of carbonyl (C=O) groups is 2. The number of methoxy groups -OCH3 is 1. The maximum absolute atomic E-state index is 12.2. The lowest BCUT2D eigenvalue weighted by Crippen LogP contribution is -2.30. The highest BCUT2D eigenvalue weighted by molar-refractivity contribution is 7.14. The van der Waals surface area contributed by atoms with E-state index in [0.717, 1.165) is 5.56 Å². The molecule has 0 atom stereocenters. The van der Waals surface area contributed by atoms with Gasteiger partial charge in [-0.3, -0.25) is 14.5 Å². The quantitative estimate of drug-likeness (QED) is 0.787. The number of halogens is 1. The second kappa shape index (κ2) is 8.14. The summed E-state index contributed by atoms with van der Waals surface area (Å²) in [4.78, 5) is 25.2. The molecule has 0 aliphatic carbocycles. The lowest BCUT2D eigenvalue weighted by atomic mass is 10.2. The van der Waals surface area contributed by atoms with E-state index in [-0.39, 0.29) is 12.5 Å². The molecule has 0 bridgehead atoms. The zero-order valence-electron chi connectivity index (χ0n) is 13.3.